The van der Waals surface area contributed by atoms with E-state index in [0.717, 1.165) is 0 Å². The highest BCUT2D eigenvalue weighted by atomic mass is 33.7. The average Bonchev–Trinajstić information content (AvgIpc) is 1.97. The van der Waals surface area contributed by atoms with Crippen LogP contribution in [0, 0.1) is 0 Å². The van der Waals surface area contributed by atoms with Crippen molar-refractivity contribution >= 4 is 41.2 Å². The molecule has 0 spiro atoms. The van der Waals surface area contributed by atoms with E-state index >= 15 is 0 Å². The summed E-state index contributed by atoms with van der Waals surface area (Å²) in [6.07, 6.45) is 2.58. The van der Waals surface area contributed by atoms with Crippen LogP contribution < -0.4 is 0 Å². The summed E-state index contributed by atoms with van der Waals surface area (Å²) in [7, 11) is 7.75. The van der Waals surface area contributed by atoms with Gasteiger partial charge in [-0.05, 0) is 32.5 Å². The van der Waals surface area contributed by atoms with Crippen molar-refractivity contribution in [2.45, 2.75) is 34.1 Å². The van der Waals surface area contributed by atoms with Gasteiger partial charge < -0.3 is 0 Å². The van der Waals surface area contributed by atoms with Crippen molar-refractivity contribution in [2.75, 3.05) is 11.5 Å². The molecule has 70 valence electrons. The molecule has 0 amide bonds. The van der Waals surface area contributed by atoms with Crippen LogP contribution in [0.3, 0.4) is 0 Å². The zero-order valence-electron chi connectivity index (χ0n) is 6.46. The van der Waals surface area contributed by atoms with Crippen molar-refractivity contribution in [1.82, 2.24) is 0 Å². The second-order valence-electron chi connectivity index (χ2n) is 1.78. The molecule has 11 heavy (non-hydrogen) atoms. The quantitative estimate of drug-likeness (QED) is 0.439. The van der Waals surface area contributed by atoms with Crippen LogP contribution >= 0.6 is 41.2 Å². The van der Waals surface area contributed by atoms with Gasteiger partial charge in [0, 0.05) is 11.5 Å². The van der Waals surface area contributed by atoms with Gasteiger partial charge in [-0.2, -0.15) is 0 Å². The van der Waals surface area contributed by atoms with Gasteiger partial charge in [-0.15, -0.1) is 0 Å². The van der Waals surface area contributed by atoms with Crippen LogP contribution in [0.4, 0.5) is 0 Å². The highest BCUT2D eigenvalue weighted by Crippen LogP contribution is 2.43. The highest BCUT2D eigenvalue weighted by Gasteiger charge is 1.89. The Morgan fingerprint density at radius 3 is 1.45 bits per heavy atom. The molecular weight excluding hydrogens is 212 g/mol. The lowest BCUT2D eigenvalue weighted by Gasteiger charge is -1.95. The van der Waals surface area contributed by atoms with E-state index in [4.69, 9.17) is 0 Å². The minimum atomic E-state index is 0. The van der Waals surface area contributed by atoms with Gasteiger partial charge in [-0.1, -0.05) is 42.9 Å². The molecule has 0 saturated carbocycles. The summed E-state index contributed by atoms with van der Waals surface area (Å²) in [5, 5.41) is 0. The molecule has 0 aliphatic carbocycles. The summed E-state index contributed by atoms with van der Waals surface area (Å²) in [5.74, 6) is 2.56. The lowest BCUT2D eigenvalue weighted by Crippen LogP contribution is -1.66. The summed E-state index contributed by atoms with van der Waals surface area (Å²) < 4.78 is 0. The molecule has 0 aromatic rings. The number of rotatable bonds is 7. The average molecular weight is 230 g/mol. The SMILES string of the molecule is C.CCCSSSSCCC. The third-order valence-electron chi connectivity index (χ3n) is 0.699. The lowest BCUT2D eigenvalue weighted by atomic mass is 10.6. The Labute approximate surface area is 86.6 Å². The van der Waals surface area contributed by atoms with Crippen LogP contribution in [0.15, 0.2) is 0 Å². The first-order valence-corrected chi connectivity index (χ1v) is 8.65. The Hall–Kier alpha value is 1.40. The molecule has 0 aliphatic heterocycles. The predicted octanol–water partition coefficient (Wildman–Crippen LogP) is 5.12. The van der Waals surface area contributed by atoms with E-state index in [0.29, 0.717) is 0 Å². The molecule has 0 radical (unpaired) electrons. The zero-order valence-corrected chi connectivity index (χ0v) is 9.73. The Morgan fingerprint density at radius 2 is 1.18 bits per heavy atom. The molecule has 0 nitrogen and oxygen atoms in total. The summed E-state index contributed by atoms with van der Waals surface area (Å²) in [6.45, 7) is 4.44. The molecular formula is C7H18S4. The second-order valence-corrected chi connectivity index (χ2v) is 8.02. The van der Waals surface area contributed by atoms with Gasteiger partial charge in [0.05, 0.1) is 0 Å². The fourth-order valence-electron chi connectivity index (χ4n) is 0.274. The van der Waals surface area contributed by atoms with Gasteiger partial charge in [-0.25, -0.2) is 0 Å². The summed E-state index contributed by atoms with van der Waals surface area (Å²) in [4.78, 5) is 0. The Morgan fingerprint density at radius 1 is 0.818 bits per heavy atom. The molecule has 0 rings (SSSR count). The Balaban J connectivity index is 0. The first-order valence-electron chi connectivity index (χ1n) is 3.49. The molecule has 0 bridgehead atoms. The Bertz CT molecular complexity index is 50.4. The molecule has 0 aromatic heterocycles. The number of hydrogen-bond donors (Lipinski definition) is 0. The minimum absolute atomic E-state index is 0. The smallest absolute Gasteiger partial charge is 0.00427 e. The van der Waals surface area contributed by atoms with E-state index in [9.17, 15) is 0 Å². The van der Waals surface area contributed by atoms with Crippen LogP contribution in [-0.2, 0) is 0 Å². The van der Waals surface area contributed by atoms with Gasteiger partial charge in [0.15, 0.2) is 0 Å². The van der Waals surface area contributed by atoms with Crippen molar-refractivity contribution in [3.8, 4) is 0 Å². The van der Waals surface area contributed by atoms with Crippen LogP contribution in [0.1, 0.15) is 34.1 Å². The first-order chi connectivity index (χ1) is 4.91. The molecule has 0 fully saturated rings. The maximum Gasteiger partial charge on any atom is 0.00427 e. The Kier molecular flexibility index (Phi) is 18.9. The van der Waals surface area contributed by atoms with Crippen molar-refractivity contribution in [3.63, 3.8) is 0 Å². The molecule has 0 unspecified atom stereocenters. The summed E-state index contributed by atoms with van der Waals surface area (Å²) >= 11 is 0. The third-order valence-corrected chi connectivity index (χ3v) is 7.57. The van der Waals surface area contributed by atoms with Crippen LogP contribution in [-0.4, -0.2) is 11.5 Å². The fourth-order valence-corrected chi connectivity index (χ4v) is 6.52. The van der Waals surface area contributed by atoms with Gasteiger partial charge >= 0.3 is 0 Å². The minimum Gasteiger partial charge on any atom is -0.0817 e. The highest BCUT2D eigenvalue weighted by molar-refractivity contribution is 9.26. The van der Waals surface area contributed by atoms with Gasteiger partial charge in [0.2, 0.25) is 0 Å². The largest absolute Gasteiger partial charge is 0.0817 e. The second kappa shape index (κ2) is 14.0. The molecule has 0 aromatic carbocycles. The topological polar surface area (TPSA) is 0 Å². The number of hydrogen-bond acceptors (Lipinski definition) is 4. The van der Waals surface area contributed by atoms with Gasteiger partial charge in [-0.3, -0.25) is 0 Å². The van der Waals surface area contributed by atoms with Crippen molar-refractivity contribution < 1.29 is 0 Å². The van der Waals surface area contributed by atoms with Gasteiger partial charge in [0.25, 0.3) is 0 Å². The molecule has 0 aliphatic rings. The van der Waals surface area contributed by atoms with Crippen molar-refractivity contribution in [1.29, 1.82) is 0 Å². The van der Waals surface area contributed by atoms with E-state index in [1.54, 1.807) is 0 Å². The molecule has 0 heterocycles. The normalized spacial score (nSPS) is 9.27. The van der Waals surface area contributed by atoms with Crippen molar-refractivity contribution in [2.24, 2.45) is 0 Å². The lowest BCUT2D eigenvalue weighted by molar-refractivity contribution is 1.11. The van der Waals surface area contributed by atoms with Gasteiger partial charge in [0.1, 0.15) is 0 Å². The van der Waals surface area contributed by atoms with E-state index in [1.165, 1.54) is 24.3 Å². The maximum atomic E-state index is 2.22. The molecule has 4 heteroatoms. The first kappa shape index (κ1) is 14.9. The van der Waals surface area contributed by atoms with Crippen molar-refractivity contribution in [3.05, 3.63) is 0 Å². The van der Waals surface area contributed by atoms with Crippen LogP contribution in [0.25, 0.3) is 0 Å². The fraction of sp³-hybridized carbons (Fsp3) is 1.00. The standard InChI is InChI=1S/C6H14S4.CH4/c1-3-5-7-9-10-8-6-4-2;/h3-6H2,1-2H3;1H4. The monoisotopic (exact) mass is 230 g/mol. The van der Waals surface area contributed by atoms with E-state index in [-0.39, 0.29) is 7.43 Å². The van der Waals surface area contributed by atoms with E-state index in [1.807, 2.05) is 41.2 Å². The van der Waals surface area contributed by atoms with Crippen LogP contribution in [0.2, 0.25) is 0 Å². The summed E-state index contributed by atoms with van der Waals surface area (Å²) in [6, 6.07) is 0. The summed E-state index contributed by atoms with van der Waals surface area (Å²) in [5.41, 5.74) is 0. The van der Waals surface area contributed by atoms with Crippen LogP contribution in [0.5, 0.6) is 0 Å². The molecule has 0 saturated heterocycles. The maximum absolute atomic E-state index is 2.22. The molecule has 0 N–H and O–H groups in total. The predicted molar refractivity (Wildman–Crippen MR) is 67.4 cm³/mol. The third kappa shape index (κ3) is 14.3. The molecule has 0 atom stereocenters. The van der Waals surface area contributed by atoms with E-state index < -0.39 is 0 Å². The zero-order chi connectivity index (χ0) is 7.66. The van der Waals surface area contributed by atoms with E-state index in [2.05, 4.69) is 13.8 Å².